The van der Waals surface area contributed by atoms with Gasteiger partial charge >= 0.3 is 0 Å². The van der Waals surface area contributed by atoms with Crippen LogP contribution in [0, 0.1) is 5.82 Å². The van der Waals surface area contributed by atoms with Gasteiger partial charge < -0.3 is 14.4 Å². The van der Waals surface area contributed by atoms with E-state index in [1.807, 2.05) is 4.90 Å². The SMILES string of the molecule is COCCN1C(C)CN(C(=O)COc2cccc(F)c2)CC1C. The minimum Gasteiger partial charge on any atom is -0.484 e. The standard InChI is InChI=1S/C17H25FN2O3/c1-13-10-19(11-14(2)20(13)7-8-22-3)17(21)12-23-16-6-4-5-15(18)9-16/h4-6,9,13-14H,7-8,10-12H2,1-3H3. The minimum absolute atomic E-state index is 0.0685. The fourth-order valence-electron chi connectivity index (χ4n) is 2.99. The Morgan fingerprint density at radius 2 is 2.00 bits per heavy atom. The fourth-order valence-corrected chi connectivity index (χ4v) is 2.99. The van der Waals surface area contributed by atoms with Crippen molar-refractivity contribution in [1.82, 2.24) is 9.80 Å². The van der Waals surface area contributed by atoms with Crippen molar-refractivity contribution in [2.45, 2.75) is 25.9 Å². The maximum atomic E-state index is 13.1. The van der Waals surface area contributed by atoms with Crippen molar-refractivity contribution < 1.29 is 18.7 Å². The fraction of sp³-hybridized carbons (Fsp3) is 0.588. The number of rotatable bonds is 6. The van der Waals surface area contributed by atoms with Crippen molar-refractivity contribution in [3.63, 3.8) is 0 Å². The van der Waals surface area contributed by atoms with E-state index in [4.69, 9.17) is 9.47 Å². The predicted molar refractivity (Wildman–Crippen MR) is 86.0 cm³/mol. The third kappa shape index (κ3) is 4.91. The number of halogens is 1. The van der Waals surface area contributed by atoms with Crippen LogP contribution in [0.1, 0.15) is 13.8 Å². The van der Waals surface area contributed by atoms with Gasteiger partial charge in [0.15, 0.2) is 6.61 Å². The summed E-state index contributed by atoms with van der Waals surface area (Å²) in [4.78, 5) is 16.5. The van der Waals surface area contributed by atoms with E-state index in [9.17, 15) is 9.18 Å². The first kappa shape index (κ1) is 17.7. The molecule has 0 saturated carbocycles. The molecule has 5 nitrogen and oxygen atoms in total. The van der Waals surface area contributed by atoms with Gasteiger partial charge in [0.05, 0.1) is 6.61 Å². The lowest BCUT2D eigenvalue weighted by Crippen LogP contribution is -2.59. The summed E-state index contributed by atoms with van der Waals surface area (Å²) in [5, 5.41) is 0. The molecule has 0 N–H and O–H groups in total. The third-order valence-electron chi connectivity index (χ3n) is 4.17. The van der Waals surface area contributed by atoms with Crippen LogP contribution in [0.5, 0.6) is 5.75 Å². The number of ether oxygens (including phenoxy) is 2. The number of amides is 1. The number of hydrogen-bond donors (Lipinski definition) is 0. The molecule has 128 valence electrons. The van der Waals surface area contributed by atoms with Gasteiger partial charge in [0.2, 0.25) is 0 Å². The summed E-state index contributed by atoms with van der Waals surface area (Å²) in [5.41, 5.74) is 0. The number of carbonyl (C=O) groups is 1. The van der Waals surface area contributed by atoms with Gasteiger partial charge in [-0.3, -0.25) is 9.69 Å². The van der Waals surface area contributed by atoms with E-state index in [-0.39, 0.29) is 30.4 Å². The zero-order chi connectivity index (χ0) is 16.8. The first-order chi connectivity index (χ1) is 11.0. The molecule has 23 heavy (non-hydrogen) atoms. The molecule has 1 aromatic carbocycles. The second-order valence-corrected chi connectivity index (χ2v) is 5.97. The summed E-state index contributed by atoms with van der Waals surface area (Å²) in [6.45, 7) is 7.03. The molecule has 1 heterocycles. The van der Waals surface area contributed by atoms with E-state index in [0.717, 1.165) is 6.54 Å². The summed E-state index contributed by atoms with van der Waals surface area (Å²) >= 11 is 0. The Bertz CT molecular complexity index is 514. The van der Waals surface area contributed by atoms with Gasteiger partial charge in [0.25, 0.3) is 5.91 Å². The molecular formula is C17H25FN2O3. The maximum absolute atomic E-state index is 13.1. The van der Waals surface area contributed by atoms with Crippen LogP contribution in [-0.4, -0.2) is 67.7 Å². The van der Waals surface area contributed by atoms with Crippen molar-refractivity contribution in [2.75, 3.05) is 40.0 Å². The van der Waals surface area contributed by atoms with Crippen LogP contribution in [0.25, 0.3) is 0 Å². The Balaban J connectivity index is 1.86. The van der Waals surface area contributed by atoms with E-state index >= 15 is 0 Å². The maximum Gasteiger partial charge on any atom is 0.260 e. The van der Waals surface area contributed by atoms with Gasteiger partial charge in [0, 0.05) is 44.9 Å². The zero-order valence-corrected chi connectivity index (χ0v) is 14.0. The Kier molecular flexibility index (Phi) is 6.36. The predicted octanol–water partition coefficient (Wildman–Crippen LogP) is 1.77. The summed E-state index contributed by atoms with van der Waals surface area (Å²) in [6, 6.07) is 6.37. The second kappa shape index (κ2) is 8.26. The highest BCUT2D eigenvalue weighted by atomic mass is 19.1. The molecule has 1 aromatic rings. The Morgan fingerprint density at radius 3 is 2.61 bits per heavy atom. The molecule has 1 amide bonds. The molecule has 0 bridgehead atoms. The number of methoxy groups -OCH3 is 1. The summed E-state index contributed by atoms with van der Waals surface area (Å²) in [7, 11) is 1.69. The molecule has 0 aromatic heterocycles. The van der Waals surface area contributed by atoms with Crippen molar-refractivity contribution in [1.29, 1.82) is 0 Å². The average molecular weight is 324 g/mol. The Morgan fingerprint density at radius 1 is 1.30 bits per heavy atom. The average Bonchev–Trinajstić information content (AvgIpc) is 2.52. The lowest BCUT2D eigenvalue weighted by atomic mass is 10.1. The molecule has 0 aliphatic carbocycles. The highest BCUT2D eigenvalue weighted by molar-refractivity contribution is 5.78. The summed E-state index contributed by atoms with van der Waals surface area (Å²) in [5.74, 6) is -0.0681. The first-order valence-electron chi connectivity index (χ1n) is 7.92. The molecule has 1 aliphatic rings. The molecule has 1 fully saturated rings. The second-order valence-electron chi connectivity index (χ2n) is 5.97. The van der Waals surface area contributed by atoms with E-state index in [1.54, 1.807) is 19.2 Å². The van der Waals surface area contributed by atoms with E-state index in [2.05, 4.69) is 18.7 Å². The van der Waals surface area contributed by atoms with E-state index in [0.29, 0.717) is 25.4 Å². The van der Waals surface area contributed by atoms with Crippen molar-refractivity contribution in [2.24, 2.45) is 0 Å². The van der Waals surface area contributed by atoms with Crippen LogP contribution in [-0.2, 0) is 9.53 Å². The molecule has 2 unspecified atom stereocenters. The van der Waals surface area contributed by atoms with E-state index in [1.165, 1.54) is 12.1 Å². The molecule has 2 rings (SSSR count). The monoisotopic (exact) mass is 324 g/mol. The van der Waals surface area contributed by atoms with Gasteiger partial charge in [-0.05, 0) is 26.0 Å². The highest BCUT2D eigenvalue weighted by Crippen LogP contribution is 2.16. The quantitative estimate of drug-likeness (QED) is 0.800. The smallest absolute Gasteiger partial charge is 0.260 e. The lowest BCUT2D eigenvalue weighted by Gasteiger charge is -2.44. The van der Waals surface area contributed by atoms with Gasteiger partial charge in [-0.15, -0.1) is 0 Å². The molecule has 0 spiro atoms. The first-order valence-corrected chi connectivity index (χ1v) is 7.92. The molecule has 1 saturated heterocycles. The van der Waals surface area contributed by atoms with Crippen LogP contribution in [0.15, 0.2) is 24.3 Å². The molecule has 6 heteroatoms. The largest absolute Gasteiger partial charge is 0.484 e. The highest BCUT2D eigenvalue weighted by Gasteiger charge is 2.31. The number of hydrogen-bond acceptors (Lipinski definition) is 4. The van der Waals surface area contributed by atoms with Crippen LogP contribution >= 0.6 is 0 Å². The molecular weight excluding hydrogens is 299 g/mol. The van der Waals surface area contributed by atoms with Gasteiger partial charge in [-0.25, -0.2) is 4.39 Å². The lowest BCUT2D eigenvalue weighted by molar-refractivity contribution is -0.137. The van der Waals surface area contributed by atoms with Crippen LogP contribution in [0.4, 0.5) is 4.39 Å². The number of nitrogens with zero attached hydrogens (tertiary/aromatic N) is 2. The van der Waals surface area contributed by atoms with Crippen molar-refractivity contribution >= 4 is 5.91 Å². The van der Waals surface area contributed by atoms with Crippen molar-refractivity contribution in [3.8, 4) is 5.75 Å². The van der Waals surface area contributed by atoms with E-state index < -0.39 is 0 Å². The zero-order valence-electron chi connectivity index (χ0n) is 14.0. The summed E-state index contributed by atoms with van der Waals surface area (Å²) in [6.07, 6.45) is 0. The van der Waals surface area contributed by atoms with Gasteiger partial charge in [-0.1, -0.05) is 6.07 Å². The Labute approximate surface area is 137 Å². The molecule has 1 aliphatic heterocycles. The number of carbonyl (C=O) groups excluding carboxylic acids is 1. The number of piperazine rings is 1. The van der Waals surface area contributed by atoms with Crippen LogP contribution in [0.2, 0.25) is 0 Å². The van der Waals surface area contributed by atoms with Crippen LogP contribution < -0.4 is 4.74 Å². The molecule has 2 atom stereocenters. The van der Waals surface area contributed by atoms with Crippen molar-refractivity contribution in [3.05, 3.63) is 30.1 Å². The number of benzene rings is 1. The third-order valence-corrected chi connectivity index (χ3v) is 4.17. The normalized spacial score (nSPS) is 22.2. The van der Waals surface area contributed by atoms with Crippen LogP contribution in [0.3, 0.4) is 0 Å². The van der Waals surface area contributed by atoms with Gasteiger partial charge in [-0.2, -0.15) is 0 Å². The summed E-state index contributed by atoms with van der Waals surface area (Å²) < 4.78 is 23.6. The van der Waals surface area contributed by atoms with Gasteiger partial charge in [0.1, 0.15) is 11.6 Å². The Hall–Kier alpha value is -1.66. The minimum atomic E-state index is -0.371. The molecule has 0 radical (unpaired) electrons. The topological polar surface area (TPSA) is 42.0 Å².